The maximum Gasteiger partial charge on any atom is 0.326 e. The third-order valence-electron chi connectivity index (χ3n) is 4.18. The quantitative estimate of drug-likeness (QED) is 0.172. The number of rotatable bonds is 13. The number of hydrogen-bond acceptors (Lipinski definition) is 7. The van der Waals surface area contributed by atoms with Crippen molar-refractivity contribution >= 4 is 29.6 Å². The van der Waals surface area contributed by atoms with E-state index in [1.165, 1.54) is 12.5 Å². The molecule has 0 bridgehead atoms. The van der Waals surface area contributed by atoms with Gasteiger partial charge in [-0.05, 0) is 12.3 Å². The Bertz CT molecular complexity index is 780. The monoisotopic (exact) mass is 439 g/mol. The van der Waals surface area contributed by atoms with Crippen molar-refractivity contribution in [3.05, 3.63) is 18.2 Å². The van der Waals surface area contributed by atoms with Gasteiger partial charge in [0.15, 0.2) is 0 Å². The molecule has 1 heterocycles. The average molecular weight is 439 g/mol. The highest BCUT2D eigenvalue weighted by Crippen LogP contribution is 2.08. The van der Waals surface area contributed by atoms with Crippen LogP contribution in [0.15, 0.2) is 12.5 Å². The number of nitrogens with one attached hydrogen (secondary N) is 4. The normalized spacial score (nSPS) is 13.7. The summed E-state index contributed by atoms with van der Waals surface area (Å²) < 4.78 is 0. The van der Waals surface area contributed by atoms with Crippen LogP contribution in [-0.2, 0) is 30.4 Å². The zero-order valence-corrected chi connectivity index (χ0v) is 17.4. The van der Waals surface area contributed by atoms with Crippen LogP contribution in [0.4, 0.5) is 0 Å². The van der Waals surface area contributed by atoms with Crippen LogP contribution in [0.3, 0.4) is 0 Å². The molecule has 172 valence electrons. The number of amides is 4. The van der Waals surface area contributed by atoms with E-state index in [1.54, 1.807) is 0 Å². The van der Waals surface area contributed by atoms with E-state index in [0.29, 0.717) is 5.69 Å². The molecule has 1 rings (SSSR count). The van der Waals surface area contributed by atoms with E-state index in [4.69, 9.17) is 11.5 Å². The van der Waals surface area contributed by atoms with Crippen LogP contribution in [0.2, 0.25) is 0 Å². The van der Waals surface area contributed by atoms with Gasteiger partial charge in [-0.25, -0.2) is 9.78 Å². The number of nitrogens with zero attached hydrogens (tertiary/aromatic N) is 1. The number of aliphatic carboxylic acids is 1. The first-order valence-electron chi connectivity index (χ1n) is 9.62. The van der Waals surface area contributed by atoms with E-state index in [9.17, 15) is 29.1 Å². The topological polar surface area (TPSA) is 222 Å². The molecule has 0 spiro atoms. The Morgan fingerprint density at radius 1 is 1.06 bits per heavy atom. The first-order valence-corrected chi connectivity index (χ1v) is 9.62. The van der Waals surface area contributed by atoms with Crippen molar-refractivity contribution in [1.29, 1.82) is 0 Å². The van der Waals surface area contributed by atoms with Gasteiger partial charge < -0.3 is 37.5 Å². The van der Waals surface area contributed by atoms with Gasteiger partial charge in [-0.3, -0.25) is 19.2 Å². The molecule has 1 aromatic rings. The SMILES string of the molecule is CC(C)CC(NC(=O)C(CC(N)=O)NC(=O)CN)C(=O)NC(Cc1cnc[nH]1)C(=O)O. The van der Waals surface area contributed by atoms with Crippen molar-refractivity contribution in [2.75, 3.05) is 6.54 Å². The number of carbonyl (C=O) groups excluding carboxylic acids is 4. The molecule has 0 aliphatic rings. The van der Waals surface area contributed by atoms with E-state index in [1.807, 2.05) is 13.8 Å². The number of H-pyrrole nitrogens is 1. The smallest absolute Gasteiger partial charge is 0.326 e. The summed E-state index contributed by atoms with van der Waals surface area (Å²) in [5, 5.41) is 16.6. The lowest BCUT2D eigenvalue weighted by Crippen LogP contribution is -2.57. The Balaban J connectivity index is 2.94. The number of aromatic nitrogens is 2. The minimum atomic E-state index is -1.32. The number of primary amides is 1. The Kier molecular flexibility index (Phi) is 10.1. The molecule has 13 nitrogen and oxygen atoms in total. The summed E-state index contributed by atoms with van der Waals surface area (Å²) in [6, 6.07) is -3.70. The predicted octanol–water partition coefficient (Wildman–Crippen LogP) is -2.63. The lowest BCUT2D eigenvalue weighted by Gasteiger charge is -2.25. The maximum absolute atomic E-state index is 12.8. The molecule has 31 heavy (non-hydrogen) atoms. The van der Waals surface area contributed by atoms with E-state index < -0.39 is 60.7 Å². The molecular weight excluding hydrogens is 410 g/mol. The number of imidazole rings is 1. The third-order valence-corrected chi connectivity index (χ3v) is 4.18. The molecule has 4 amide bonds. The summed E-state index contributed by atoms with van der Waals surface area (Å²) in [7, 11) is 0. The van der Waals surface area contributed by atoms with E-state index in [2.05, 4.69) is 25.9 Å². The van der Waals surface area contributed by atoms with Crippen LogP contribution in [0.25, 0.3) is 0 Å². The van der Waals surface area contributed by atoms with Crippen LogP contribution < -0.4 is 27.4 Å². The van der Waals surface area contributed by atoms with Crippen molar-refractivity contribution in [2.45, 2.75) is 51.2 Å². The van der Waals surface area contributed by atoms with E-state index >= 15 is 0 Å². The summed E-state index contributed by atoms with van der Waals surface area (Å²) in [5.74, 6) is -4.37. The van der Waals surface area contributed by atoms with Crippen LogP contribution in [-0.4, -0.2) is 69.3 Å². The molecular formula is C18H29N7O6. The van der Waals surface area contributed by atoms with Gasteiger partial charge in [0.05, 0.1) is 19.3 Å². The fraction of sp³-hybridized carbons (Fsp3) is 0.556. The first kappa shape index (κ1) is 25.6. The second kappa shape index (κ2) is 12.3. The van der Waals surface area contributed by atoms with Crippen molar-refractivity contribution in [1.82, 2.24) is 25.9 Å². The molecule has 0 saturated carbocycles. The number of carboxylic acids is 1. The zero-order valence-electron chi connectivity index (χ0n) is 17.4. The third kappa shape index (κ3) is 9.25. The number of aromatic amines is 1. The number of hydrogen-bond donors (Lipinski definition) is 7. The van der Waals surface area contributed by atoms with Gasteiger partial charge in [0, 0.05) is 18.3 Å². The molecule has 0 aromatic carbocycles. The second-order valence-corrected chi connectivity index (χ2v) is 7.37. The lowest BCUT2D eigenvalue weighted by atomic mass is 10.0. The van der Waals surface area contributed by atoms with Gasteiger partial charge in [-0.2, -0.15) is 0 Å². The molecule has 1 aromatic heterocycles. The summed E-state index contributed by atoms with van der Waals surface area (Å²) in [6.45, 7) is 3.21. The van der Waals surface area contributed by atoms with Crippen molar-refractivity contribution in [2.24, 2.45) is 17.4 Å². The molecule has 9 N–H and O–H groups in total. The molecule has 0 fully saturated rings. The van der Waals surface area contributed by atoms with Gasteiger partial charge >= 0.3 is 5.97 Å². The van der Waals surface area contributed by atoms with Gasteiger partial charge in [0.2, 0.25) is 23.6 Å². The number of nitrogens with two attached hydrogens (primary N) is 2. The largest absolute Gasteiger partial charge is 0.480 e. The molecule has 0 aliphatic heterocycles. The summed E-state index contributed by atoms with van der Waals surface area (Å²) in [5.41, 5.74) is 10.9. The number of carbonyl (C=O) groups is 5. The van der Waals surface area contributed by atoms with Gasteiger partial charge in [0.25, 0.3) is 0 Å². The lowest BCUT2D eigenvalue weighted by molar-refractivity contribution is -0.142. The molecule has 3 unspecified atom stereocenters. The highest BCUT2D eigenvalue weighted by molar-refractivity contribution is 5.95. The minimum Gasteiger partial charge on any atom is -0.480 e. The summed E-state index contributed by atoms with van der Waals surface area (Å²) in [6.07, 6.45) is 2.46. The molecule has 13 heteroatoms. The van der Waals surface area contributed by atoms with Crippen molar-refractivity contribution < 1.29 is 29.1 Å². The van der Waals surface area contributed by atoms with Crippen LogP contribution in [0.1, 0.15) is 32.4 Å². The van der Waals surface area contributed by atoms with Gasteiger partial charge in [-0.15, -0.1) is 0 Å². The second-order valence-electron chi connectivity index (χ2n) is 7.37. The van der Waals surface area contributed by atoms with Crippen molar-refractivity contribution in [3.63, 3.8) is 0 Å². The molecule has 0 radical (unpaired) electrons. The number of carboxylic acid groups (broad SMARTS) is 1. The average Bonchev–Trinajstić information content (AvgIpc) is 3.18. The maximum atomic E-state index is 12.8. The van der Waals surface area contributed by atoms with E-state index in [0.717, 1.165) is 0 Å². The minimum absolute atomic E-state index is 0.0414. The first-order chi connectivity index (χ1) is 14.5. The summed E-state index contributed by atoms with van der Waals surface area (Å²) >= 11 is 0. The highest BCUT2D eigenvalue weighted by atomic mass is 16.4. The fourth-order valence-electron chi connectivity index (χ4n) is 2.73. The van der Waals surface area contributed by atoms with Crippen molar-refractivity contribution in [3.8, 4) is 0 Å². The Morgan fingerprint density at radius 2 is 1.68 bits per heavy atom. The Hall–Kier alpha value is -3.48. The molecule has 0 saturated heterocycles. The zero-order chi connectivity index (χ0) is 23.6. The van der Waals surface area contributed by atoms with Gasteiger partial charge in [-0.1, -0.05) is 13.8 Å². The van der Waals surface area contributed by atoms with Gasteiger partial charge in [0.1, 0.15) is 18.1 Å². The standard InChI is InChI=1S/C18H29N7O6/c1-9(2)3-11(24-17(29)12(5-14(20)26)23-15(27)6-19)16(28)25-13(18(30)31)4-10-7-21-8-22-10/h7-9,11-13H,3-6,19H2,1-2H3,(H2,20,26)(H,21,22)(H,23,27)(H,24,29)(H,25,28)(H,30,31). The predicted molar refractivity (Wildman–Crippen MR) is 108 cm³/mol. The summed E-state index contributed by atoms with van der Waals surface area (Å²) in [4.78, 5) is 66.3. The Morgan fingerprint density at radius 3 is 2.16 bits per heavy atom. The van der Waals surface area contributed by atoms with E-state index in [-0.39, 0.29) is 18.8 Å². The van der Waals surface area contributed by atoms with Crippen LogP contribution in [0.5, 0.6) is 0 Å². The highest BCUT2D eigenvalue weighted by Gasteiger charge is 2.30. The van der Waals surface area contributed by atoms with Crippen LogP contribution in [0, 0.1) is 5.92 Å². The molecule has 3 atom stereocenters. The Labute approximate surface area is 178 Å². The van der Waals surface area contributed by atoms with Crippen LogP contribution >= 0.6 is 0 Å². The molecule has 0 aliphatic carbocycles. The fourth-order valence-corrected chi connectivity index (χ4v) is 2.73.